The molecule has 35 heavy (non-hydrogen) atoms. The van der Waals surface area contributed by atoms with E-state index in [1.165, 1.54) is 28.3 Å². The minimum absolute atomic E-state index is 0.151. The third-order valence-corrected chi connectivity index (χ3v) is 6.37. The van der Waals surface area contributed by atoms with Gasteiger partial charge in [-0.1, -0.05) is 6.07 Å². The molecule has 3 heterocycles. The molecule has 2 amide bonds. The zero-order valence-electron chi connectivity index (χ0n) is 20.0. The summed E-state index contributed by atoms with van der Waals surface area (Å²) in [6, 6.07) is 8.62. The molecular formula is C24H29FN6O3S. The molecule has 0 bridgehead atoms. The van der Waals surface area contributed by atoms with Crippen molar-refractivity contribution in [3.8, 4) is 11.4 Å². The maximum atomic E-state index is 13.6. The molecule has 186 valence electrons. The van der Waals surface area contributed by atoms with E-state index in [-0.39, 0.29) is 42.6 Å². The van der Waals surface area contributed by atoms with E-state index in [2.05, 4.69) is 20.7 Å². The molecule has 11 heteroatoms. The first-order chi connectivity index (χ1) is 16.7. The van der Waals surface area contributed by atoms with Crippen molar-refractivity contribution < 1.29 is 18.7 Å². The van der Waals surface area contributed by atoms with Crippen LogP contribution >= 0.6 is 11.3 Å². The Labute approximate surface area is 207 Å². The first kappa shape index (κ1) is 24.9. The summed E-state index contributed by atoms with van der Waals surface area (Å²) in [5.41, 5.74) is 0.116. The molecule has 0 radical (unpaired) electrons. The Balaban J connectivity index is 1.60. The zero-order valence-corrected chi connectivity index (χ0v) is 20.8. The number of thiophene rings is 1. The number of halogens is 1. The van der Waals surface area contributed by atoms with Crippen LogP contribution < -0.4 is 5.32 Å². The SMILES string of the molecule is CC(C)(C)NC(=O)C(c1cccs1)N(CC1CCCO1)C(=O)Cn1nnc(-c2ccc(F)cc2)n1. The lowest BCUT2D eigenvalue weighted by molar-refractivity contribution is -0.144. The number of hydrogen-bond donors (Lipinski definition) is 1. The molecule has 1 aliphatic heterocycles. The van der Waals surface area contributed by atoms with Crippen molar-refractivity contribution in [3.63, 3.8) is 0 Å². The number of carbonyl (C=O) groups is 2. The van der Waals surface area contributed by atoms with Crippen LogP contribution in [-0.2, 0) is 20.9 Å². The fourth-order valence-electron chi connectivity index (χ4n) is 3.90. The van der Waals surface area contributed by atoms with Crippen LogP contribution in [0.2, 0.25) is 0 Å². The highest BCUT2D eigenvalue weighted by Crippen LogP contribution is 2.28. The van der Waals surface area contributed by atoms with E-state index in [9.17, 15) is 14.0 Å². The van der Waals surface area contributed by atoms with Crippen LogP contribution in [0.4, 0.5) is 4.39 Å². The average molecular weight is 501 g/mol. The van der Waals surface area contributed by atoms with Crippen molar-refractivity contribution in [3.05, 3.63) is 52.5 Å². The molecule has 1 aromatic carbocycles. The summed E-state index contributed by atoms with van der Waals surface area (Å²) in [4.78, 5) is 30.6. The maximum Gasteiger partial charge on any atom is 0.248 e. The molecule has 0 aliphatic carbocycles. The highest BCUT2D eigenvalue weighted by molar-refractivity contribution is 7.10. The molecule has 2 unspecified atom stereocenters. The smallest absolute Gasteiger partial charge is 0.248 e. The van der Waals surface area contributed by atoms with Gasteiger partial charge < -0.3 is 15.0 Å². The Hall–Kier alpha value is -3.18. The minimum Gasteiger partial charge on any atom is -0.376 e. The van der Waals surface area contributed by atoms with Crippen LogP contribution in [0.25, 0.3) is 11.4 Å². The summed E-state index contributed by atoms with van der Waals surface area (Å²) in [6.07, 6.45) is 1.58. The second kappa shape index (κ2) is 10.6. The molecule has 0 spiro atoms. The van der Waals surface area contributed by atoms with Gasteiger partial charge in [-0.05, 0) is 74.5 Å². The number of hydrogen-bond acceptors (Lipinski definition) is 7. The first-order valence-electron chi connectivity index (χ1n) is 11.5. The number of tetrazole rings is 1. The maximum absolute atomic E-state index is 13.6. The number of aromatic nitrogens is 4. The summed E-state index contributed by atoms with van der Waals surface area (Å²) >= 11 is 1.42. The van der Waals surface area contributed by atoms with Crippen molar-refractivity contribution in [1.29, 1.82) is 0 Å². The highest BCUT2D eigenvalue weighted by Gasteiger charge is 2.36. The van der Waals surface area contributed by atoms with E-state index < -0.39 is 11.6 Å². The zero-order chi connectivity index (χ0) is 25.0. The van der Waals surface area contributed by atoms with E-state index in [4.69, 9.17) is 4.74 Å². The van der Waals surface area contributed by atoms with Crippen molar-refractivity contribution in [2.75, 3.05) is 13.2 Å². The lowest BCUT2D eigenvalue weighted by Gasteiger charge is -2.34. The third-order valence-electron chi connectivity index (χ3n) is 5.45. The molecule has 1 N–H and O–H groups in total. The van der Waals surface area contributed by atoms with Gasteiger partial charge in [0.05, 0.1) is 6.10 Å². The fraction of sp³-hybridized carbons (Fsp3) is 0.458. The molecule has 0 saturated carbocycles. The van der Waals surface area contributed by atoms with Crippen LogP contribution in [0.5, 0.6) is 0 Å². The number of amides is 2. The summed E-state index contributed by atoms with van der Waals surface area (Å²) in [5, 5.41) is 17.2. The molecular weight excluding hydrogens is 471 g/mol. The van der Waals surface area contributed by atoms with Crippen molar-refractivity contribution >= 4 is 23.2 Å². The van der Waals surface area contributed by atoms with Gasteiger partial charge in [-0.2, -0.15) is 4.80 Å². The second-order valence-corrected chi connectivity index (χ2v) is 10.5. The Bertz CT molecular complexity index is 1140. The van der Waals surface area contributed by atoms with Crippen molar-refractivity contribution in [2.45, 2.75) is 57.8 Å². The molecule has 9 nitrogen and oxygen atoms in total. The van der Waals surface area contributed by atoms with Gasteiger partial charge in [0, 0.05) is 29.1 Å². The van der Waals surface area contributed by atoms with Gasteiger partial charge in [0.1, 0.15) is 18.4 Å². The number of rotatable bonds is 8. The monoisotopic (exact) mass is 500 g/mol. The lowest BCUT2D eigenvalue weighted by atomic mass is 10.1. The lowest BCUT2D eigenvalue weighted by Crippen LogP contribution is -2.51. The summed E-state index contributed by atoms with van der Waals surface area (Å²) in [5.74, 6) is -0.672. The van der Waals surface area contributed by atoms with Crippen LogP contribution in [0.3, 0.4) is 0 Å². The molecule has 1 saturated heterocycles. The predicted octanol–water partition coefficient (Wildman–Crippen LogP) is 3.20. The van der Waals surface area contributed by atoms with Crippen LogP contribution in [0, 0.1) is 5.82 Å². The molecule has 3 aromatic rings. The summed E-state index contributed by atoms with van der Waals surface area (Å²) < 4.78 is 19.0. The van der Waals surface area contributed by atoms with E-state index in [0.29, 0.717) is 12.2 Å². The molecule has 1 fully saturated rings. The van der Waals surface area contributed by atoms with Crippen LogP contribution in [0.15, 0.2) is 41.8 Å². The minimum atomic E-state index is -0.814. The van der Waals surface area contributed by atoms with Gasteiger partial charge in [-0.25, -0.2) is 4.39 Å². The highest BCUT2D eigenvalue weighted by atomic mass is 32.1. The first-order valence-corrected chi connectivity index (χ1v) is 12.4. The third kappa shape index (κ3) is 6.49. The Morgan fingerprint density at radius 2 is 2.06 bits per heavy atom. The summed E-state index contributed by atoms with van der Waals surface area (Å²) in [7, 11) is 0. The quantitative estimate of drug-likeness (QED) is 0.510. The standard InChI is InChI=1S/C24H29FN6O3S/c1-24(2,3)26-23(33)21(19-7-5-13-35-19)30(14-18-6-4-12-34-18)20(32)15-31-28-22(27-29-31)16-8-10-17(25)11-9-16/h5,7-11,13,18,21H,4,6,12,14-15H2,1-3H3,(H,26,33). The predicted molar refractivity (Wildman–Crippen MR) is 129 cm³/mol. The summed E-state index contributed by atoms with van der Waals surface area (Å²) in [6.45, 7) is 6.41. The Morgan fingerprint density at radius 3 is 2.69 bits per heavy atom. The second-order valence-electron chi connectivity index (χ2n) is 9.49. The average Bonchev–Trinajstić information content (AvgIpc) is 3.56. The van der Waals surface area contributed by atoms with Gasteiger partial charge in [-0.3, -0.25) is 9.59 Å². The number of nitrogens with one attached hydrogen (secondary N) is 1. The van der Waals surface area contributed by atoms with E-state index in [1.807, 2.05) is 38.3 Å². The Morgan fingerprint density at radius 1 is 1.29 bits per heavy atom. The van der Waals surface area contributed by atoms with E-state index in [1.54, 1.807) is 17.0 Å². The molecule has 1 aliphatic rings. The van der Waals surface area contributed by atoms with Crippen LogP contribution in [-0.4, -0.2) is 61.7 Å². The Kier molecular flexibility index (Phi) is 7.56. The molecule has 4 rings (SSSR count). The number of carbonyl (C=O) groups excluding carboxylic acids is 2. The number of nitrogens with zero attached hydrogens (tertiary/aromatic N) is 5. The van der Waals surface area contributed by atoms with Gasteiger partial charge >= 0.3 is 0 Å². The normalized spacial score (nSPS) is 16.7. The van der Waals surface area contributed by atoms with E-state index in [0.717, 1.165) is 17.7 Å². The topological polar surface area (TPSA) is 102 Å². The number of benzene rings is 1. The van der Waals surface area contributed by atoms with Crippen LogP contribution in [0.1, 0.15) is 44.5 Å². The molecule has 2 atom stereocenters. The van der Waals surface area contributed by atoms with Crippen molar-refractivity contribution in [1.82, 2.24) is 30.4 Å². The van der Waals surface area contributed by atoms with Gasteiger partial charge in [0.15, 0.2) is 0 Å². The van der Waals surface area contributed by atoms with Gasteiger partial charge in [-0.15, -0.1) is 21.5 Å². The molecule has 2 aromatic heterocycles. The van der Waals surface area contributed by atoms with Gasteiger partial charge in [0.25, 0.3) is 0 Å². The largest absolute Gasteiger partial charge is 0.376 e. The van der Waals surface area contributed by atoms with Gasteiger partial charge in [0.2, 0.25) is 17.6 Å². The van der Waals surface area contributed by atoms with E-state index >= 15 is 0 Å². The van der Waals surface area contributed by atoms with Crippen molar-refractivity contribution in [2.24, 2.45) is 0 Å². The number of ether oxygens (including phenoxy) is 1. The fourth-order valence-corrected chi connectivity index (χ4v) is 4.74.